The summed E-state index contributed by atoms with van der Waals surface area (Å²) in [6, 6.07) is 8.47. The van der Waals surface area contributed by atoms with Crippen LogP contribution in [0.1, 0.15) is 30.2 Å². The van der Waals surface area contributed by atoms with Gasteiger partial charge >= 0.3 is 0 Å². The molecule has 0 bridgehead atoms. The first-order valence-electron chi connectivity index (χ1n) is 5.36. The SMILES string of the molecule is Cc1ncc(-c2ccccc2C2CC2)o1. The molecule has 0 aliphatic heterocycles. The Bertz CT molecular complexity index is 483. The van der Waals surface area contributed by atoms with Gasteiger partial charge in [0, 0.05) is 12.5 Å². The second-order valence-corrected chi connectivity index (χ2v) is 4.11. The zero-order valence-electron chi connectivity index (χ0n) is 8.73. The average Bonchev–Trinajstić information content (AvgIpc) is 3.02. The van der Waals surface area contributed by atoms with Crippen molar-refractivity contribution in [3.63, 3.8) is 0 Å². The van der Waals surface area contributed by atoms with Crippen molar-refractivity contribution in [3.05, 3.63) is 41.9 Å². The Morgan fingerprint density at radius 3 is 2.73 bits per heavy atom. The summed E-state index contributed by atoms with van der Waals surface area (Å²) in [5.41, 5.74) is 2.62. The van der Waals surface area contributed by atoms with Gasteiger partial charge in [-0.1, -0.05) is 24.3 Å². The molecule has 0 atom stereocenters. The maximum Gasteiger partial charge on any atom is 0.191 e. The molecule has 0 amide bonds. The minimum atomic E-state index is 0.732. The van der Waals surface area contributed by atoms with E-state index in [0.717, 1.165) is 17.6 Å². The van der Waals surface area contributed by atoms with Crippen molar-refractivity contribution in [1.82, 2.24) is 4.98 Å². The van der Waals surface area contributed by atoms with Crippen LogP contribution in [0.4, 0.5) is 0 Å². The van der Waals surface area contributed by atoms with Crippen LogP contribution in [0.2, 0.25) is 0 Å². The Hall–Kier alpha value is -1.57. The fraction of sp³-hybridized carbons (Fsp3) is 0.308. The normalized spacial score (nSPS) is 15.5. The number of hydrogen-bond donors (Lipinski definition) is 0. The Morgan fingerprint density at radius 2 is 2.07 bits per heavy atom. The van der Waals surface area contributed by atoms with E-state index >= 15 is 0 Å². The summed E-state index contributed by atoms with van der Waals surface area (Å²) in [4.78, 5) is 4.15. The van der Waals surface area contributed by atoms with Crippen molar-refractivity contribution in [1.29, 1.82) is 0 Å². The molecule has 1 fully saturated rings. The van der Waals surface area contributed by atoms with Gasteiger partial charge in [0.05, 0.1) is 6.20 Å². The maximum absolute atomic E-state index is 5.58. The third kappa shape index (κ3) is 1.56. The first-order chi connectivity index (χ1) is 7.34. The molecule has 1 heterocycles. The minimum Gasteiger partial charge on any atom is -0.441 e. The summed E-state index contributed by atoms with van der Waals surface area (Å²) < 4.78 is 5.58. The van der Waals surface area contributed by atoms with Crippen molar-refractivity contribution in [2.45, 2.75) is 25.7 Å². The number of hydrogen-bond acceptors (Lipinski definition) is 2. The van der Waals surface area contributed by atoms with E-state index in [1.807, 2.05) is 13.1 Å². The van der Waals surface area contributed by atoms with E-state index in [1.54, 1.807) is 0 Å². The van der Waals surface area contributed by atoms with Gasteiger partial charge in [-0.25, -0.2) is 4.98 Å². The van der Waals surface area contributed by atoms with Crippen LogP contribution >= 0.6 is 0 Å². The number of aryl methyl sites for hydroxylation is 1. The van der Waals surface area contributed by atoms with Crippen LogP contribution in [0.3, 0.4) is 0 Å². The van der Waals surface area contributed by atoms with Crippen LogP contribution in [0.5, 0.6) is 0 Å². The Labute approximate surface area is 89.0 Å². The van der Waals surface area contributed by atoms with Gasteiger partial charge in [0.2, 0.25) is 0 Å². The molecule has 76 valence electrons. The fourth-order valence-electron chi connectivity index (χ4n) is 1.96. The molecule has 0 radical (unpaired) electrons. The van der Waals surface area contributed by atoms with Gasteiger partial charge in [-0.2, -0.15) is 0 Å². The molecule has 1 aliphatic rings. The number of oxazole rings is 1. The van der Waals surface area contributed by atoms with Crippen molar-refractivity contribution >= 4 is 0 Å². The molecule has 2 heteroatoms. The minimum absolute atomic E-state index is 0.732. The number of benzene rings is 1. The molecule has 2 aromatic rings. The summed E-state index contributed by atoms with van der Waals surface area (Å²) in [6.07, 6.45) is 4.44. The first-order valence-corrected chi connectivity index (χ1v) is 5.36. The van der Waals surface area contributed by atoms with E-state index in [1.165, 1.54) is 24.0 Å². The lowest BCUT2D eigenvalue weighted by atomic mass is 10.0. The van der Waals surface area contributed by atoms with Crippen LogP contribution in [0.15, 0.2) is 34.9 Å². The van der Waals surface area contributed by atoms with Gasteiger partial charge in [0.15, 0.2) is 11.7 Å². The van der Waals surface area contributed by atoms with Gasteiger partial charge in [0.25, 0.3) is 0 Å². The second-order valence-electron chi connectivity index (χ2n) is 4.11. The largest absolute Gasteiger partial charge is 0.441 e. The van der Waals surface area contributed by atoms with Crippen molar-refractivity contribution < 1.29 is 4.42 Å². The van der Waals surface area contributed by atoms with E-state index < -0.39 is 0 Å². The van der Waals surface area contributed by atoms with Gasteiger partial charge < -0.3 is 4.42 Å². The lowest BCUT2D eigenvalue weighted by Crippen LogP contribution is -1.84. The van der Waals surface area contributed by atoms with Gasteiger partial charge in [-0.15, -0.1) is 0 Å². The topological polar surface area (TPSA) is 26.0 Å². The number of rotatable bonds is 2. The molecular weight excluding hydrogens is 186 g/mol. The predicted molar refractivity (Wildman–Crippen MR) is 58.7 cm³/mol. The van der Waals surface area contributed by atoms with Gasteiger partial charge in [0.1, 0.15) is 0 Å². The summed E-state index contributed by atoms with van der Waals surface area (Å²) in [6.45, 7) is 1.88. The summed E-state index contributed by atoms with van der Waals surface area (Å²) in [5, 5.41) is 0. The third-order valence-electron chi connectivity index (χ3n) is 2.86. The van der Waals surface area contributed by atoms with E-state index in [2.05, 4.69) is 29.2 Å². The Morgan fingerprint density at radius 1 is 1.27 bits per heavy atom. The zero-order chi connectivity index (χ0) is 10.3. The van der Waals surface area contributed by atoms with Crippen LogP contribution < -0.4 is 0 Å². The standard InChI is InChI=1S/C13H13NO/c1-9-14-8-13(15-9)12-5-3-2-4-11(12)10-6-7-10/h2-5,8,10H,6-7H2,1H3. The van der Waals surface area contributed by atoms with Gasteiger partial charge in [-0.3, -0.25) is 0 Å². The van der Waals surface area contributed by atoms with E-state index in [-0.39, 0.29) is 0 Å². The molecule has 0 spiro atoms. The molecule has 15 heavy (non-hydrogen) atoms. The first kappa shape index (κ1) is 8.72. The molecule has 1 aromatic heterocycles. The predicted octanol–water partition coefficient (Wildman–Crippen LogP) is 3.53. The highest BCUT2D eigenvalue weighted by Crippen LogP contribution is 2.44. The molecule has 3 rings (SSSR count). The fourth-order valence-corrected chi connectivity index (χ4v) is 1.96. The van der Waals surface area contributed by atoms with Crippen LogP contribution in [0.25, 0.3) is 11.3 Å². The zero-order valence-corrected chi connectivity index (χ0v) is 8.73. The quantitative estimate of drug-likeness (QED) is 0.739. The highest BCUT2D eigenvalue weighted by Gasteiger charge is 2.26. The summed E-state index contributed by atoms with van der Waals surface area (Å²) >= 11 is 0. The van der Waals surface area contributed by atoms with Crippen molar-refractivity contribution in [2.75, 3.05) is 0 Å². The highest BCUT2D eigenvalue weighted by atomic mass is 16.4. The van der Waals surface area contributed by atoms with E-state index in [0.29, 0.717) is 0 Å². The molecule has 0 unspecified atom stereocenters. The molecule has 2 nitrogen and oxygen atoms in total. The molecule has 1 aliphatic carbocycles. The lowest BCUT2D eigenvalue weighted by molar-refractivity contribution is 0.534. The summed E-state index contributed by atoms with van der Waals surface area (Å²) in [7, 11) is 0. The third-order valence-corrected chi connectivity index (χ3v) is 2.86. The molecule has 0 N–H and O–H groups in total. The average molecular weight is 199 g/mol. The van der Waals surface area contributed by atoms with Crippen LogP contribution in [-0.2, 0) is 0 Å². The molecule has 0 saturated heterocycles. The molecule has 1 aromatic carbocycles. The maximum atomic E-state index is 5.58. The van der Waals surface area contributed by atoms with Crippen molar-refractivity contribution in [2.24, 2.45) is 0 Å². The summed E-state index contributed by atoms with van der Waals surface area (Å²) in [5.74, 6) is 2.37. The van der Waals surface area contributed by atoms with E-state index in [9.17, 15) is 0 Å². The second kappa shape index (κ2) is 3.23. The van der Waals surface area contributed by atoms with Crippen molar-refractivity contribution in [3.8, 4) is 11.3 Å². The number of nitrogens with zero attached hydrogens (tertiary/aromatic N) is 1. The van der Waals surface area contributed by atoms with Crippen LogP contribution in [-0.4, -0.2) is 4.98 Å². The Balaban J connectivity index is 2.10. The lowest BCUT2D eigenvalue weighted by Gasteiger charge is -2.04. The smallest absolute Gasteiger partial charge is 0.191 e. The highest BCUT2D eigenvalue weighted by molar-refractivity contribution is 5.63. The molecule has 1 saturated carbocycles. The monoisotopic (exact) mass is 199 g/mol. The van der Waals surface area contributed by atoms with Gasteiger partial charge in [-0.05, 0) is 24.3 Å². The van der Waals surface area contributed by atoms with E-state index in [4.69, 9.17) is 4.42 Å². The van der Waals surface area contributed by atoms with Crippen LogP contribution in [0, 0.1) is 6.92 Å². The molecular formula is C13H13NO. The number of aromatic nitrogens is 1. The Kier molecular flexibility index (Phi) is 1.88.